The van der Waals surface area contributed by atoms with Gasteiger partial charge in [-0.3, -0.25) is 0 Å². The van der Waals surface area contributed by atoms with Crippen LogP contribution in [0.2, 0.25) is 5.15 Å². The van der Waals surface area contributed by atoms with E-state index in [9.17, 15) is 9.90 Å². The molecule has 0 bridgehead atoms. The van der Waals surface area contributed by atoms with Crippen molar-refractivity contribution in [1.82, 2.24) is 10.3 Å². The fourth-order valence-corrected chi connectivity index (χ4v) is 2.58. The Morgan fingerprint density at radius 1 is 1.30 bits per heavy atom. The second kappa shape index (κ2) is 6.98. The molecule has 23 heavy (non-hydrogen) atoms. The molecule has 0 aliphatic rings. The summed E-state index contributed by atoms with van der Waals surface area (Å²) in [6, 6.07) is 10.6. The lowest BCUT2D eigenvalue weighted by Crippen LogP contribution is -2.40. The molecule has 0 spiro atoms. The number of rotatable bonds is 4. The monoisotopic (exact) mass is 333 g/mol. The number of carbonyl (C=O) groups is 1. The number of amides is 2. The van der Waals surface area contributed by atoms with E-state index in [0.717, 1.165) is 16.8 Å². The number of nitrogens with one attached hydrogen (secondary N) is 2. The Kier molecular flexibility index (Phi) is 5.23. The minimum Gasteiger partial charge on any atom is -0.384 e. The zero-order valence-electron chi connectivity index (χ0n) is 13.4. The summed E-state index contributed by atoms with van der Waals surface area (Å²) in [5, 5.41) is 16.0. The first-order valence-corrected chi connectivity index (χ1v) is 7.64. The summed E-state index contributed by atoms with van der Waals surface area (Å²) in [5.41, 5.74) is 1.64. The molecule has 0 aliphatic carbocycles. The quantitative estimate of drug-likeness (QED) is 0.751. The van der Waals surface area contributed by atoms with Gasteiger partial charge in [0, 0.05) is 5.69 Å². The molecule has 0 saturated carbocycles. The Bertz CT molecular complexity index is 679. The minimum atomic E-state index is -1.16. The Morgan fingerprint density at radius 2 is 1.96 bits per heavy atom. The van der Waals surface area contributed by atoms with Gasteiger partial charge in [-0.1, -0.05) is 41.9 Å². The van der Waals surface area contributed by atoms with E-state index in [0.29, 0.717) is 5.69 Å². The largest absolute Gasteiger partial charge is 0.384 e. The van der Waals surface area contributed by atoms with Crippen LogP contribution < -0.4 is 10.6 Å². The van der Waals surface area contributed by atoms with Gasteiger partial charge in [0.1, 0.15) is 5.60 Å². The maximum absolute atomic E-state index is 12.1. The van der Waals surface area contributed by atoms with Crippen molar-refractivity contribution in [3.63, 3.8) is 0 Å². The molecule has 1 aromatic carbocycles. The van der Waals surface area contributed by atoms with Crippen molar-refractivity contribution in [1.29, 1.82) is 0 Å². The van der Waals surface area contributed by atoms with Crippen molar-refractivity contribution in [2.45, 2.75) is 26.4 Å². The highest BCUT2D eigenvalue weighted by Crippen LogP contribution is 2.24. The number of hydrogen-bond donors (Lipinski definition) is 3. The highest BCUT2D eigenvalue weighted by atomic mass is 35.5. The van der Waals surface area contributed by atoms with E-state index in [4.69, 9.17) is 11.6 Å². The molecule has 2 amide bonds. The van der Waals surface area contributed by atoms with Gasteiger partial charge in [-0.15, -0.1) is 0 Å². The Morgan fingerprint density at radius 3 is 2.57 bits per heavy atom. The van der Waals surface area contributed by atoms with Crippen LogP contribution in [0.5, 0.6) is 0 Å². The number of aryl methyl sites for hydroxylation is 2. The summed E-state index contributed by atoms with van der Waals surface area (Å²) in [6.07, 6.45) is 0. The molecular weight excluding hydrogens is 314 g/mol. The number of aliphatic hydroxyl groups is 1. The summed E-state index contributed by atoms with van der Waals surface area (Å²) in [5.74, 6) is 0. The van der Waals surface area contributed by atoms with E-state index in [1.807, 2.05) is 50.2 Å². The first-order chi connectivity index (χ1) is 10.8. The molecule has 2 rings (SSSR count). The van der Waals surface area contributed by atoms with Gasteiger partial charge < -0.3 is 15.7 Å². The number of hydrogen-bond acceptors (Lipinski definition) is 3. The normalized spacial score (nSPS) is 13.3. The summed E-state index contributed by atoms with van der Waals surface area (Å²) in [4.78, 5) is 16.2. The lowest BCUT2D eigenvalue weighted by molar-refractivity contribution is 0.0599. The minimum absolute atomic E-state index is 0.0683. The predicted molar refractivity (Wildman–Crippen MR) is 91.8 cm³/mol. The van der Waals surface area contributed by atoms with E-state index in [1.165, 1.54) is 0 Å². The molecule has 6 heteroatoms. The van der Waals surface area contributed by atoms with Crippen LogP contribution in [0.1, 0.15) is 23.7 Å². The molecular formula is C17H20ClN3O2. The number of carbonyl (C=O) groups excluding carboxylic acids is 1. The Labute approximate surface area is 140 Å². The molecule has 1 unspecified atom stereocenters. The number of halogens is 1. The van der Waals surface area contributed by atoms with E-state index < -0.39 is 11.6 Å². The van der Waals surface area contributed by atoms with E-state index in [-0.39, 0.29) is 11.7 Å². The Hall–Kier alpha value is -2.11. The van der Waals surface area contributed by atoms with Crippen LogP contribution in [-0.4, -0.2) is 22.7 Å². The van der Waals surface area contributed by atoms with Crippen molar-refractivity contribution in [3.05, 3.63) is 58.4 Å². The molecule has 1 heterocycles. The van der Waals surface area contributed by atoms with Gasteiger partial charge in [-0.25, -0.2) is 9.78 Å². The third-order valence-corrected chi connectivity index (χ3v) is 3.80. The van der Waals surface area contributed by atoms with Crippen LogP contribution in [0.3, 0.4) is 0 Å². The van der Waals surface area contributed by atoms with E-state index in [2.05, 4.69) is 15.6 Å². The summed E-state index contributed by atoms with van der Waals surface area (Å²) >= 11 is 6.06. The summed E-state index contributed by atoms with van der Waals surface area (Å²) in [7, 11) is 0. The molecule has 0 fully saturated rings. The number of anilines is 1. The van der Waals surface area contributed by atoms with Crippen molar-refractivity contribution in [2.24, 2.45) is 0 Å². The van der Waals surface area contributed by atoms with Crippen LogP contribution >= 0.6 is 11.6 Å². The van der Waals surface area contributed by atoms with Crippen molar-refractivity contribution < 1.29 is 9.90 Å². The van der Waals surface area contributed by atoms with E-state index in [1.54, 1.807) is 6.92 Å². The average molecular weight is 334 g/mol. The highest BCUT2D eigenvalue weighted by Gasteiger charge is 2.23. The number of nitrogens with zero attached hydrogens (tertiary/aromatic N) is 1. The Balaban J connectivity index is 2.01. The molecule has 0 aliphatic heterocycles. The lowest BCUT2D eigenvalue weighted by Gasteiger charge is -2.24. The van der Waals surface area contributed by atoms with Crippen LogP contribution in [-0.2, 0) is 5.60 Å². The predicted octanol–water partition coefficient (Wildman–Crippen LogP) is 3.38. The van der Waals surface area contributed by atoms with Crippen molar-refractivity contribution >= 4 is 23.3 Å². The van der Waals surface area contributed by atoms with E-state index >= 15 is 0 Å². The summed E-state index contributed by atoms with van der Waals surface area (Å²) in [6.45, 7) is 5.39. The number of pyridine rings is 1. The van der Waals surface area contributed by atoms with Gasteiger partial charge in [-0.05, 0) is 38.0 Å². The highest BCUT2D eigenvalue weighted by molar-refractivity contribution is 6.32. The SMILES string of the molecule is Cc1cc(C)c(NC(=O)NCC(C)(O)c2ccccc2)c(Cl)n1. The third kappa shape index (κ3) is 4.43. The van der Waals surface area contributed by atoms with Crippen LogP contribution in [0, 0.1) is 13.8 Å². The molecule has 122 valence electrons. The number of benzene rings is 1. The fourth-order valence-electron chi connectivity index (χ4n) is 2.25. The zero-order valence-corrected chi connectivity index (χ0v) is 14.1. The molecule has 1 atom stereocenters. The maximum Gasteiger partial charge on any atom is 0.319 e. The number of urea groups is 1. The average Bonchev–Trinajstić information content (AvgIpc) is 2.50. The first kappa shape index (κ1) is 17.2. The molecule has 1 aromatic heterocycles. The second-order valence-electron chi connectivity index (χ2n) is 5.69. The second-order valence-corrected chi connectivity index (χ2v) is 6.05. The zero-order chi connectivity index (χ0) is 17.0. The van der Waals surface area contributed by atoms with Gasteiger partial charge in [0.2, 0.25) is 0 Å². The van der Waals surface area contributed by atoms with Crippen molar-refractivity contribution in [2.75, 3.05) is 11.9 Å². The standard InChI is InChI=1S/C17H20ClN3O2/c1-11-9-12(2)20-15(18)14(11)21-16(22)19-10-17(3,23)13-7-5-4-6-8-13/h4-9,23H,10H2,1-3H3,(H2,19,21,22). The van der Waals surface area contributed by atoms with Crippen molar-refractivity contribution in [3.8, 4) is 0 Å². The van der Waals surface area contributed by atoms with Gasteiger partial charge in [0.15, 0.2) is 5.15 Å². The molecule has 5 nitrogen and oxygen atoms in total. The fraction of sp³-hybridized carbons (Fsp3) is 0.294. The molecule has 0 saturated heterocycles. The molecule has 0 radical (unpaired) electrons. The van der Waals surface area contributed by atoms with Gasteiger partial charge >= 0.3 is 6.03 Å². The summed E-state index contributed by atoms with van der Waals surface area (Å²) < 4.78 is 0. The van der Waals surface area contributed by atoms with Gasteiger partial charge in [0.05, 0.1) is 12.2 Å². The van der Waals surface area contributed by atoms with Crippen LogP contribution in [0.25, 0.3) is 0 Å². The number of aromatic nitrogens is 1. The lowest BCUT2D eigenvalue weighted by atomic mass is 9.96. The first-order valence-electron chi connectivity index (χ1n) is 7.26. The molecule has 2 aromatic rings. The van der Waals surface area contributed by atoms with Crippen LogP contribution in [0.15, 0.2) is 36.4 Å². The van der Waals surface area contributed by atoms with Crippen LogP contribution in [0.4, 0.5) is 10.5 Å². The van der Waals surface area contributed by atoms with Gasteiger partial charge in [0.25, 0.3) is 0 Å². The maximum atomic E-state index is 12.1. The topological polar surface area (TPSA) is 74.2 Å². The smallest absolute Gasteiger partial charge is 0.319 e. The third-order valence-electron chi connectivity index (χ3n) is 3.53. The molecule has 3 N–H and O–H groups in total. The van der Waals surface area contributed by atoms with Gasteiger partial charge in [-0.2, -0.15) is 0 Å².